The topological polar surface area (TPSA) is 21.7 Å². The van der Waals surface area contributed by atoms with Crippen LogP contribution in [0.4, 0.5) is 0 Å². The molecule has 2 rings (SSSR count). The summed E-state index contributed by atoms with van der Waals surface area (Å²) in [5, 5.41) is 1.10. The Morgan fingerprint density at radius 1 is 1.09 bits per heavy atom. The van der Waals surface area contributed by atoms with E-state index in [0.29, 0.717) is 29.0 Å². The van der Waals surface area contributed by atoms with Crippen LogP contribution in [0.3, 0.4) is 0 Å². The van der Waals surface area contributed by atoms with E-state index in [4.69, 9.17) is 32.7 Å². The van der Waals surface area contributed by atoms with Gasteiger partial charge in [-0.2, -0.15) is 0 Å². The highest BCUT2D eigenvalue weighted by Gasteiger charge is 2.14. The lowest BCUT2D eigenvalue weighted by atomic mass is 9.99. The Kier molecular flexibility index (Phi) is 7.29. The maximum absolute atomic E-state index is 6.13. The largest absolute Gasteiger partial charge is 0.488 e. The summed E-state index contributed by atoms with van der Waals surface area (Å²) in [4.78, 5) is 2.47. The number of ether oxygens (including phenoxy) is 2. The smallest absolute Gasteiger partial charge is 0.156 e. The first kappa shape index (κ1) is 17.9. The Morgan fingerprint density at radius 3 is 2.36 bits per heavy atom. The number of hydrogen-bond donors (Lipinski definition) is 0. The summed E-state index contributed by atoms with van der Waals surface area (Å²) in [7, 11) is 0. The van der Waals surface area contributed by atoms with E-state index >= 15 is 0 Å². The molecule has 0 amide bonds. The van der Waals surface area contributed by atoms with Crippen LogP contribution >= 0.6 is 23.2 Å². The minimum atomic E-state index is 0.458. The maximum Gasteiger partial charge on any atom is 0.156 e. The van der Waals surface area contributed by atoms with E-state index < -0.39 is 0 Å². The van der Waals surface area contributed by atoms with Gasteiger partial charge in [-0.05, 0) is 56.5 Å². The lowest BCUT2D eigenvalue weighted by molar-refractivity contribution is 0.0709. The monoisotopic (exact) mass is 345 g/mol. The zero-order chi connectivity index (χ0) is 15.9. The summed E-state index contributed by atoms with van der Waals surface area (Å²) in [6.07, 6.45) is 2.60. The van der Waals surface area contributed by atoms with Crippen molar-refractivity contribution < 1.29 is 9.47 Å². The molecule has 1 fully saturated rings. The van der Waals surface area contributed by atoms with Crippen molar-refractivity contribution in [2.24, 2.45) is 5.92 Å². The van der Waals surface area contributed by atoms with Gasteiger partial charge >= 0.3 is 0 Å². The average molecular weight is 346 g/mol. The third-order valence-electron chi connectivity index (χ3n) is 4.04. The lowest BCUT2D eigenvalue weighted by Gasteiger charge is -2.29. The standard InChI is InChI=1S/C17H25Cl2NO2/c1-13-3-5-20(6-4-13)7-8-21-9-10-22-17-15(18)11-14(2)12-16(17)19/h11-13H,3-10H2,1-2H3. The number of piperidine rings is 1. The minimum absolute atomic E-state index is 0.458. The number of rotatable bonds is 7. The summed E-state index contributed by atoms with van der Waals surface area (Å²) in [5.41, 5.74) is 1.02. The predicted octanol–water partition coefficient (Wildman–Crippen LogP) is 4.43. The van der Waals surface area contributed by atoms with Crippen molar-refractivity contribution in [3.63, 3.8) is 0 Å². The first-order valence-corrected chi connectivity index (χ1v) is 8.70. The fourth-order valence-electron chi connectivity index (χ4n) is 2.61. The molecule has 0 atom stereocenters. The molecule has 1 aliphatic heterocycles. The molecule has 1 aromatic rings. The Balaban J connectivity index is 1.60. The van der Waals surface area contributed by atoms with Gasteiger partial charge in [0.15, 0.2) is 5.75 Å². The summed E-state index contributed by atoms with van der Waals surface area (Å²) in [6.45, 7) is 9.40. The normalized spacial score (nSPS) is 16.9. The molecule has 1 aliphatic rings. The number of benzene rings is 1. The van der Waals surface area contributed by atoms with Crippen LogP contribution in [0, 0.1) is 12.8 Å². The quantitative estimate of drug-likeness (QED) is 0.682. The number of halogens is 2. The van der Waals surface area contributed by atoms with Gasteiger partial charge in [-0.3, -0.25) is 0 Å². The Morgan fingerprint density at radius 2 is 1.73 bits per heavy atom. The molecule has 5 heteroatoms. The summed E-state index contributed by atoms with van der Waals surface area (Å²) >= 11 is 12.3. The molecular formula is C17H25Cl2NO2. The third-order valence-corrected chi connectivity index (χ3v) is 4.61. The van der Waals surface area contributed by atoms with Crippen LogP contribution in [0.25, 0.3) is 0 Å². The Hall–Kier alpha value is -0.480. The summed E-state index contributed by atoms with van der Waals surface area (Å²) in [6, 6.07) is 3.70. The molecule has 0 spiro atoms. The van der Waals surface area contributed by atoms with Crippen molar-refractivity contribution in [2.45, 2.75) is 26.7 Å². The van der Waals surface area contributed by atoms with Gasteiger partial charge in [-0.15, -0.1) is 0 Å². The Bertz CT molecular complexity index is 451. The number of aryl methyl sites for hydroxylation is 1. The Labute approximate surface area is 143 Å². The van der Waals surface area contributed by atoms with Gasteiger partial charge in [0, 0.05) is 6.54 Å². The van der Waals surface area contributed by atoms with Crippen molar-refractivity contribution in [1.82, 2.24) is 4.90 Å². The molecule has 0 bridgehead atoms. The molecule has 3 nitrogen and oxygen atoms in total. The summed E-state index contributed by atoms with van der Waals surface area (Å²) in [5.74, 6) is 1.41. The van der Waals surface area contributed by atoms with Gasteiger partial charge in [-0.1, -0.05) is 30.1 Å². The lowest BCUT2D eigenvalue weighted by Crippen LogP contribution is -2.35. The van der Waals surface area contributed by atoms with Crippen LogP contribution in [-0.2, 0) is 4.74 Å². The van der Waals surface area contributed by atoms with E-state index in [-0.39, 0.29) is 0 Å². The SMILES string of the molecule is Cc1cc(Cl)c(OCCOCCN2CCC(C)CC2)c(Cl)c1. The molecule has 0 unspecified atom stereocenters. The first-order chi connectivity index (χ1) is 10.6. The van der Waals surface area contributed by atoms with E-state index in [0.717, 1.165) is 24.6 Å². The molecule has 0 radical (unpaired) electrons. The van der Waals surface area contributed by atoms with Crippen molar-refractivity contribution in [1.29, 1.82) is 0 Å². The molecular weight excluding hydrogens is 321 g/mol. The van der Waals surface area contributed by atoms with Crippen LogP contribution in [0.5, 0.6) is 5.75 Å². The fourth-order valence-corrected chi connectivity index (χ4v) is 3.31. The predicted molar refractivity (Wildman–Crippen MR) is 92.4 cm³/mol. The van der Waals surface area contributed by atoms with Crippen molar-refractivity contribution in [2.75, 3.05) is 39.5 Å². The van der Waals surface area contributed by atoms with E-state index in [1.54, 1.807) is 0 Å². The van der Waals surface area contributed by atoms with Crippen LogP contribution in [0.1, 0.15) is 25.3 Å². The molecule has 1 aromatic carbocycles. The number of hydrogen-bond acceptors (Lipinski definition) is 3. The number of nitrogens with zero attached hydrogens (tertiary/aromatic N) is 1. The van der Waals surface area contributed by atoms with Crippen LogP contribution in [0.2, 0.25) is 10.0 Å². The van der Waals surface area contributed by atoms with Crippen LogP contribution in [0.15, 0.2) is 12.1 Å². The molecule has 1 heterocycles. The van der Waals surface area contributed by atoms with E-state index in [1.807, 2.05) is 19.1 Å². The van der Waals surface area contributed by atoms with Gasteiger partial charge in [0.1, 0.15) is 6.61 Å². The van der Waals surface area contributed by atoms with Crippen LogP contribution in [-0.4, -0.2) is 44.4 Å². The highest BCUT2D eigenvalue weighted by atomic mass is 35.5. The minimum Gasteiger partial charge on any atom is -0.488 e. The fraction of sp³-hybridized carbons (Fsp3) is 0.647. The molecule has 1 saturated heterocycles. The molecule has 0 aromatic heterocycles. The van der Waals surface area contributed by atoms with Gasteiger partial charge in [-0.25, -0.2) is 0 Å². The van der Waals surface area contributed by atoms with Gasteiger partial charge in [0.05, 0.1) is 23.3 Å². The van der Waals surface area contributed by atoms with E-state index in [2.05, 4.69) is 11.8 Å². The van der Waals surface area contributed by atoms with Crippen LogP contribution < -0.4 is 4.74 Å². The third kappa shape index (κ3) is 5.62. The van der Waals surface area contributed by atoms with E-state index in [1.165, 1.54) is 25.9 Å². The molecule has 22 heavy (non-hydrogen) atoms. The van der Waals surface area contributed by atoms with Gasteiger partial charge < -0.3 is 14.4 Å². The second kappa shape index (κ2) is 8.97. The zero-order valence-electron chi connectivity index (χ0n) is 13.4. The highest BCUT2D eigenvalue weighted by Crippen LogP contribution is 2.33. The van der Waals surface area contributed by atoms with Crippen molar-refractivity contribution >= 4 is 23.2 Å². The van der Waals surface area contributed by atoms with Crippen molar-refractivity contribution in [3.8, 4) is 5.75 Å². The molecule has 0 aliphatic carbocycles. The highest BCUT2D eigenvalue weighted by molar-refractivity contribution is 6.37. The number of likely N-dealkylation sites (tertiary alicyclic amines) is 1. The molecule has 0 N–H and O–H groups in total. The van der Waals surface area contributed by atoms with Gasteiger partial charge in [0.25, 0.3) is 0 Å². The average Bonchev–Trinajstić information content (AvgIpc) is 2.46. The zero-order valence-corrected chi connectivity index (χ0v) is 14.9. The maximum atomic E-state index is 6.13. The molecule has 124 valence electrons. The second-order valence-electron chi connectivity index (χ2n) is 6.04. The van der Waals surface area contributed by atoms with Crippen molar-refractivity contribution in [3.05, 3.63) is 27.7 Å². The van der Waals surface area contributed by atoms with Gasteiger partial charge in [0.2, 0.25) is 0 Å². The van der Waals surface area contributed by atoms with E-state index in [9.17, 15) is 0 Å². The first-order valence-electron chi connectivity index (χ1n) is 7.95. The second-order valence-corrected chi connectivity index (χ2v) is 6.86. The molecule has 0 saturated carbocycles. The summed E-state index contributed by atoms with van der Waals surface area (Å²) < 4.78 is 11.3.